The van der Waals surface area contributed by atoms with Crippen LogP contribution in [0.15, 0.2) is 146 Å². The standard InChI is InChI=1S/C50H38N2S/c1-5-7-13-33-23-24-41-39(29-30-51-48(41)31(33)3)38-26-25-36(32(4)37(38)14-8-6-2)34-19-21-35(22-20-34)49-44-28-27-42-40-15-10-12-18-46(40)53-50(42)47(44)43-16-9-11-17-45(43)52-49/h6-30H,2,5H2,1,3-4H3/b13-7-,14-8-. The first-order valence-corrected chi connectivity index (χ1v) is 19.1. The molecule has 0 radical (unpaired) electrons. The van der Waals surface area contributed by atoms with Crippen LogP contribution in [-0.4, -0.2) is 9.97 Å². The van der Waals surface area contributed by atoms with E-state index < -0.39 is 0 Å². The van der Waals surface area contributed by atoms with Gasteiger partial charge in [-0.15, -0.1) is 11.3 Å². The number of aromatic nitrogens is 2. The van der Waals surface area contributed by atoms with Crippen molar-refractivity contribution in [2.45, 2.75) is 27.2 Å². The maximum Gasteiger partial charge on any atom is 0.0788 e. The first kappa shape index (κ1) is 32.7. The van der Waals surface area contributed by atoms with Gasteiger partial charge in [0, 0.05) is 53.5 Å². The highest BCUT2D eigenvalue weighted by Crippen LogP contribution is 2.44. The summed E-state index contributed by atoms with van der Waals surface area (Å²) in [5.41, 5.74) is 13.7. The van der Waals surface area contributed by atoms with E-state index in [2.05, 4.69) is 161 Å². The van der Waals surface area contributed by atoms with Crippen molar-refractivity contribution in [1.82, 2.24) is 9.97 Å². The Morgan fingerprint density at radius 2 is 1.38 bits per heavy atom. The van der Waals surface area contributed by atoms with Crippen molar-refractivity contribution in [3.8, 4) is 33.5 Å². The molecule has 0 amide bonds. The molecule has 3 heteroatoms. The van der Waals surface area contributed by atoms with Crippen LogP contribution >= 0.6 is 11.3 Å². The van der Waals surface area contributed by atoms with E-state index in [4.69, 9.17) is 9.97 Å². The first-order valence-electron chi connectivity index (χ1n) is 18.3. The summed E-state index contributed by atoms with van der Waals surface area (Å²) in [4.78, 5) is 10.1. The number of nitrogens with zero attached hydrogens (tertiary/aromatic N) is 2. The van der Waals surface area contributed by atoms with Crippen LogP contribution in [0.1, 0.15) is 35.6 Å². The largest absolute Gasteiger partial charge is 0.256 e. The lowest BCUT2D eigenvalue weighted by atomic mass is 9.87. The number of benzene rings is 6. The fourth-order valence-corrected chi connectivity index (χ4v) is 9.20. The maximum absolute atomic E-state index is 5.28. The highest BCUT2D eigenvalue weighted by atomic mass is 32.1. The van der Waals surface area contributed by atoms with Crippen LogP contribution in [-0.2, 0) is 0 Å². The maximum atomic E-state index is 5.28. The van der Waals surface area contributed by atoms with Gasteiger partial charge in [-0.1, -0.05) is 141 Å². The molecule has 9 aromatic rings. The number of rotatable bonds is 7. The van der Waals surface area contributed by atoms with Gasteiger partial charge in [0.15, 0.2) is 0 Å². The molecule has 0 saturated heterocycles. The molecule has 0 aliphatic rings. The molecular weight excluding hydrogens is 661 g/mol. The molecule has 0 aliphatic heterocycles. The molecule has 3 heterocycles. The molecule has 2 nitrogen and oxygen atoms in total. The Labute approximate surface area is 314 Å². The number of thiophene rings is 1. The quantitative estimate of drug-likeness (QED) is 0.122. The molecular formula is C50H38N2S. The van der Waals surface area contributed by atoms with E-state index in [9.17, 15) is 0 Å². The van der Waals surface area contributed by atoms with Crippen LogP contribution in [0.25, 0.3) is 98.4 Å². The third-order valence-corrected chi connectivity index (χ3v) is 11.8. The van der Waals surface area contributed by atoms with E-state index in [1.807, 2.05) is 29.7 Å². The summed E-state index contributed by atoms with van der Waals surface area (Å²) >= 11 is 1.88. The highest BCUT2D eigenvalue weighted by Gasteiger charge is 2.18. The number of fused-ring (bicyclic) bond motifs is 8. The number of allylic oxidation sites excluding steroid dienone is 3. The normalized spacial score (nSPS) is 12.1. The Balaban J connectivity index is 1.17. The number of aryl methyl sites for hydroxylation is 1. The molecule has 254 valence electrons. The molecule has 3 aromatic heterocycles. The van der Waals surface area contributed by atoms with E-state index in [-0.39, 0.29) is 0 Å². The second-order valence-corrected chi connectivity index (χ2v) is 14.7. The Kier molecular flexibility index (Phi) is 8.29. The Morgan fingerprint density at radius 1 is 0.642 bits per heavy atom. The van der Waals surface area contributed by atoms with Crippen LogP contribution in [0.3, 0.4) is 0 Å². The number of hydrogen-bond donors (Lipinski definition) is 0. The van der Waals surface area contributed by atoms with E-state index in [0.717, 1.165) is 34.1 Å². The SMILES string of the molecule is C=C/C=C\c1c(-c2ccnc3c(C)c(/C=C\CC)ccc23)ccc(-c2ccc(-c3nc4ccccc4c4c3ccc3c5ccccc5sc34)cc2)c1C. The van der Waals surface area contributed by atoms with E-state index in [1.54, 1.807) is 0 Å². The smallest absolute Gasteiger partial charge is 0.0788 e. The summed E-state index contributed by atoms with van der Waals surface area (Å²) in [6, 6.07) is 41.9. The zero-order valence-corrected chi connectivity index (χ0v) is 31.0. The summed E-state index contributed by atoms with van der Waals surface area (Å²) < 4.78 is 2.63. The van der Waals surface area contributed by atoms with Gasteiger partial charge in [0.2, 0.25) is 0 Å². The van der Waals surface area contributed by atoms with Crippen molar-refractivity contribution in [3.63, 3.8) is 0 Å². The fourth-order valence-electron chi connectivity index (χ4n) is 7.94. The highest BCUT2D eigenvalue weighted by molar-refractivity contribution is 7.26. The van der Waals surface area contributed by atoms with Crippen molar-refractivity contribution < 1.29 is 0 Å². The van der Waals surface area contributed by atoms with E-state index in [0.29, 0.717) is 0 Å². The van der Waals surface area contributed by atoms with Gasteiger partial charge < -0.3 is 0 Å². The minimum Gasteiger partial charge on any atom is -0.256 e. The minimum atomic E-state index is 1.01. The van der Waals surface area contributed by atoms with Gasteiger partial charge in [-0.3, -0.25) is 4.98 Å². The molecule has 0 unspecified atom stereocenters. The third-order valence-electron chi connectivity index (χ3n) is 10.6. The zero-order valence-electron chi connectivity index (χ0n) is 30.2. The van der Waals surface area contributed by atoms with E-state index >= 15 is 0 Å². The molecule has 0 fully saturated rings. The second-order valence-electron chi connectivity index (χ2n) is 13.7. The second kappa shape index (κ2) is 13.4. The third kappa shape index (κ3) is 5.48. The van der Waals surface area contributed by atoms with Crippen LogP contribution in [0.2, 0.25) is 0 Å². The van der Waals surface area contributed by atoms with Gasteiger partial charge >= 0.3 is 0 Å². The van der Waals surface area contributed by atoms with Gasteiger partial charge in [-0.2, -0.15) is 0 Å². The summed E-state index contributed by atoms with van der Waals surface area (Å²) in [7, 11) is 0. The lowest BCUT2D eigenvalue weighted by Gasteiger charge is -2.17. The topological polar surface area (TPSA) is 25.8 Å². The minimum absolute atomic E-state index is 1.01. The first-order chi connectivity index (χ1) is 26.1. The lowest BCUT2D eigenvalue weighted by Crippen LogP contribution is -1.95. The summed E-state index contributed by atoms with van der Waals surface area (Å²) in [5, 5.41) is 7.44. The molecule has 53 heavy (non-hydrogen) atoms. The number of hydrogen-bond acceptors (Lipinski definition) is 3. The predicted octanol–water partition coefficient (Wildman–Crippen LogP) is 14.5. The summed E-state index contributed by atoms with van der Waals surface area (Å²) in [6.07, 6.45) is 13.4. The molecule has 0 bridgehead atoms. The molecule has 0 N–H and O–H groups in total. The van der Waals surface area contributed by atoms with Crippen molar-refractivity contribution in [1.29, 1.82) is 0 Å². The number of pyridine rings is 2. The molecule has 9 rings (SSSR count). The summed E-state index contributed by atoms with van der Waals surface area (Å²) in [5.74, 6) is 0. The Hall–Kier alpha value is -6.16. The van der Waals surface area contributed by atoms with Crippen molar-refractivity contribution in [2.24, 2.45) is 0 Å². The average molecular weight is 699 g/mol. The lowest BCUT2D eigenvalue weighted by molar-refractivity contribution is 1.23. The van der Waals surface area contributed by atoms with Crippen LogP contribution in [0.5, 0.6) is 0 Å². The van der Waals surface area contributed by atoms with Gasteiger partial charge in [0.1, 0.15) is 0 Å². The van der Waals surface area contributed by atoms with Gasteiger partial charge in [0.05, 0.1) is 16.7 Å². The van der Waals surface area contributed by atoms with Crippen LogP contribution in [0.4, 0.5) is 0 Å². The summed E-state index contributed by atoms with van der Waals surface area (Å²) in [6.45, 7) is 10.5. The predicted molar refractivity (Wildman–Crippen MR) is 232 cm³/mol. The molecule has 0 atom stereocenters. The van der Waals surface area contributed by atoms with Crippen molar-refractivity contribution >= 4 is 76.2 Å². The molecule has 0 saturated carbocycles. The Bertz CT molecular complexity index is 2960. The molecule has 0 aliphatic carbocycles. The zero-order chi connectivity index (χ0) is 36.1. The van der Waals surface area contributed by atoms with Crippen LogP contribution in [0, 0.1) is 13.8 Å². The van der Waals surface area contributed by atoms with Crippen molar-refractivity contribution in [3.05, 3.63) is 169 Å². The van der Waals surface area contributed by atoms with Crippen LogP contribution < -0.4 is 0 Å². The van der Waals surface area contributed by atoms with E-state index in [1.165, 1.54) is 80.8 Å². The monoisotopic (exact) mass is 698 g/mol. The molecule has 6 aromatic carbocycles. The van der Waals surface area contributed by atoms with Gasteiger partial charge in [-0.25, -0.2) is 4.98 Å². The average Bonchev–Trinajstić information content (AvgIpc) is 3.59. The van der Waals surface area contributed by atoms with Crippen molar-refractivity contribution in [2.75, 3.05) is 0 Å². The van der Waals surface area contributed by atoms with Gasteiger partial charge in [0.25, 0.3) is 0 Å². The Morgan fingerprint density at radius 3 is 2.21 bits per heavy atom. The fraction of sp³-hybridized carbons (Fsp3) is 0.0800. The van der Waals surface area contributed by atoms with Gasteiger partial charge in [-0.05, 0) is 83.0 Å². The number of para-hydroxylation sites is 1. The molecule has 0 spiro atoms.